The zero-order valence-corrected chi connectivity index (χ0v) is 10.4. The number of hydrogen-bond acceptors (Lipinski definition) is 1. The van der Waals surface area contributed by atoms with Crippen LogP contribution in [0.3, 0.4) is 0 Å². The molecule has 1 N–H and O–H groups in total. The Bertz CT molecular complexity index is 279. The third-order valence-electron chi connectivity index (χ3n) is 2.86. The Labute approximate surface area is 93.9 Å². The normalized spacial score (nSPS) is 15.0. The molecule has 0 radical (unpaired) electrons. The minimum atomic E-state index is 0.218. The lowest BCUT2D eigenvalue weighted by Gasteiger charge is -2.32. The van der Waals surface area contributed by atoms with Gasteiger partial charge in [-0.3, -0.25) is 0 Å². The molecule has 0 amide bonds. The molecule has 0 bridgehead atoms. The lowest BCUT2D eigenvalue weighted by Crippen LogP contribution is -2.35. The molecule has 15 heavy (non-hydrogen) atoms. The highest BCUT2D eigenvalue weighted by atomic mass is 15.0. The van der Waals surface area contributed by atoms with Crippen LogP contribution in [0.1, 0.15) is 40.5 Å². The minimum Gasteiger partial charge on any atom is -0.380 e. The summed E-state index contributed by atoms with van der Waals surface area (Å²) >= 11 is 0. The molecule has 0 aliphatic carbocycles. The molecule has 1 unspecified atom stereocenters. The van der Waals surface area contributed by atoms with E-state index in [1.54, 1.807) is 0 Å². The van der Waals surface area contributed by atoms with Crippen LogP contribution < -0.4 is 5.32 Å². The largest absolute Gasteiger partial charge is 0.380 e. The maximum absolute atomic E-state index is 3.64. The van der Waals surface area contributed by atoms with Crippen LogP contribution in [0.2, 0.25) is 0 Å². The lowest BCUT2D eigenvalue weighted by molar-refractivity contribution is 0.388. The van der Waals surface area contributed by atoms with Crippen LogP contribution in [0.4, 0.5) is 5.69 Å². The van der Waals surface area contributed by atoms with Crippen molar-refractivity contribution in [3.05, 3.63) is 30.3 Å². The number of nitrogens with one attached hydrogen (secondary N) is 1. The van der Waals surface area contributed by atoms with Crippen LogP contribution in [0.15, 0.2) is 30.3 Å². The van der Waals surface area contributed by atoms with Gasteiger partial charge in [0.05, 0.1) is 0 Å². The molecule has 1 aromatic carbocycles. The third-order valence-corrected chi connectivity index (χ3v) is 2.86. The van der Waals surface area contributed by atoms with E-state index in [4.69, 9.17) is 0 Å². The SMILES string of the molecule is CCC(C)(CC(C)C)Nc1ccccc1. The van der Waals surface area contributed by atoms with Crippen LogP contribution in [0.25, 0.3) is 0 Å². The minimum absolute atomic E-state index is 0.218. The second-order valence-electron chi connectivity index (χ2n) is 5.00. The summed E-state index contributed by atoms with van der Waals surface area (Å²) in [5.74, 6) is 0.728. The highest BCUT2D eigenvalue weighted by Gasteiger charge is 2.22. The molecule has 1 nitrogen and oxygen atoms in total. The highest BCUT2D eigenvalue weighted by Crippen LogP contribution is 2.25. The molecule has 0 saturated carbocycles. The van der Waals surface area contributed by atoms with Crippen molar-refractivity contribution in [1.29, 1.82) is 0 Å². The molecule has 1 heteroatoms. The van der Waals surface area contributed by atoms with Crippen molar-refractivity contribution < 1.29 is 0 Å². The number of hydrogen-bond donors (Lipinski definition) is 1. The van der Waals surface area contributed by atoms with Crippen LogP contribution in [0, 0.1) is 5.92 Å². The second kappa shape index (κ2) is 5.20. The van der Waals surface area contributed by atoms with Gasteiger partial charge in [0, 0.05) is 11.2 Å². The highest BCUT2D eigenvalue weighted by molar-refractivity contribution is 5.44. The summed E-state index contributed by atoms with van der Waals surface area (Å²) in [6.07, 6.45) is 2.36. The maximum Gasteiger partial charge on any atom is 0.0345 e. The molecule has 0 aromatic heterocycles. The lowest BCUT2D eigenvalue weighted by atomic mass is 9.88. The van der Waals surface area contributed by atoms with E-state index < -0.39 is 0 Å². The second-order valence-corrected chi connectivity index (χ2v) is 5.00. The fourth-order valence-electron chi connectivity index (χ4n) is 2.05. The Morgan fingerprint density at radius 1 is 1.20 bits per heavy atom. The Hall–Kier alpha value is -0.980. The first-order valence-corrected chi connectivity index (χ1v) is 5.89. The number of rotatable bonds is 5. The fourth-order valence-corrected chi connectivity index (χ4v) is 2.05. The predicted octanol–water partition coefficient (Wildman–Crippen LogP) is 4.31. The van der Waals surface area contributed by atoms with Crippen molar-refractivity contribution in [3.63, 3.8) is 0 Å². The van der Waals surface area contributed by atoms with Gasteiger partial charge in [-0.1, -0.05) is 39.0 Å². The van der Waals surface area contributed by atoms with Gasteiger partial charge in [-0.15, -0.1) is 0 Å². The van der Waals surface area contributed by atoms with Gasteiger partial charge in [0.1, 0.15) is 0 Å². The van der Waals surface area contributed by atoms with Gasteiger partial charge >= 0.3 is 0 Å². The van der Waals surface area contributed by atoms with E-state index in [1.807, 2.05) is 0 Å². The van der Waals surface area contributed by atoms with E-state index in [9.17, 15) is 0 Å². The molecule has 0 spiro atoms. The van der Waals surface area contributed by atoms with Crippen LogP contribution in [-0.4, -0.2) is 5.54 Å². The summed E-state index contributed by atoms with van der Waals surface area (Å²) in [6, 6.07) is 10.5. The van der Waals surface area contributed by atoms with E-state index in [1.165, 1.54) is 12.1 Å². The molecular formula is C14H23N. The summed E-state index contributed by atoms with van der Waals surface area (Å²) in [6.45, 7) is 9.11. The molecule has 1 aromatic rings. The van der Waals surface area contributed by atoms with Crippen LogP contribution in [0.5, 0.6) is 0 Å². The Morgan fingerprint density at radius 2 is 1.80 bits per heavy atom. The van der Waals surface area contributed by atoms with E-state index in [0.717, 1.165) is 12.3 Å². The Kier molecular flexibility index (Phi) is 4.19. The topological polar surface area (TPSA) is 12.0 Å². The molecular weight excluding hydrogens is 182 g/mol. The zero-order valence-electron chi connectivity index (χ0n) is 10.4. The van der Waals surface area contributed by atoms with Crippen molar-refractivity contribution in [2.24, 2.45) is 5.92 Å². The van der Waals surface area contributed by atoms with Gasteiger partial charge in [0.2, 0.25) is 0 Å². The molecule has 84 valence electrons. The van der Waals surface area contributed by atoms with Gasteiger partial charge in [0.15, 0.2) is 0 Å². The standard InChI is InChI=1S/C14H23N/c1-5-14(4,11-12(2)3)15-13-9-7-6-8-10-13/h6-10,12,15H,5,11H2,1-4H3. The monoisotopic (exact) mass is 205 g/mol. The van der Waals surface area contributed by atoms with Gasteiger partial charge in [-0.05, 0) is 37.8 Å². The van der Waals surface area contributed by atoms with Crippen molar-refractivity contribution in [3.8, 4) is 0 Å². The maximum atomic E-state index is 3.64. The van der Waals surface area contributed by atoms with Crippen molar-refractivity contribution in [1.82, 2.24) is 0 Å². The summed E-state index contributed by atoms with van der Waals surface area (Å²) in [4.78, 5) is 0. The molecule has 1 rings (SSSR count). The first-order chi connectivity index (χ1) is 7.06. The quantitative estimate of drug-likeness (QED) is 0.755. The molecule has 0 aliphatic heterocycles. The van der Waals surface area contributed by atoms with Crippen molar-refractivity contribution in [2.75, 3.05) is 5.32 Å². The molecule has 0 fully saturated rings. The first kappa shape index (κ1) is 12.1. The van der Waals surface area contributed by atoms with Crippen LogP contribution >= 0.6 is 0 Å². The first-order valence-electron chi connectivity index (χ1n) is 5.89. The third kappa shape index (κ3) is 3.94. The Balaban J connectivity index is 2.68. The van der Waals surface area contributed by atoms with Crippen molar-refractivity contribution in [2.45, 2.75) is 46.1 Å². The van der Waals surface area contributed by atoms with E-state index in [-0.39, 0.29) is 5.54 Å². The number of para-hydroxylation sites is 1. The average Bonchev–Trinajstić information content (AvgIpc) is 2.18. The predicted molar refractivity (Wildman–Crippen MR) is 68.2 cm³/mol. The molecule has 1 atom stereocenters. The average molecular weight is 205 g/mol. The van der Waals surface area contributed by atoms with E-state index >= 15 is 0 Å². The summed E-state index contributed by atoms with van der Waals surface area (Å²) in [5.41, 5.74) is 1.44. The Morgan fingerprint density at radius 3 is 2.27 bits per heavy atom. The summed E-state index contributed by atoms with van der Waals surface area (Å²) in [5, 5.41) is 3.64. The van der Waals surface area contributed by atoms with E-state index in [2.05, 4.69) is 63.3 Å². The molecule has 0 heterocycles. The van der Waals surface area contributed by atoms with E-state index in [0.29, 0.717) is 0 Å². The van der Waals surface area contributed by atoms with Crippen molar-refractivity contribution >= 4 is 5.69 Å². The van der Waals surface area contributed by atoms with Gasteiger partial charge in [-0.25, -0.2) is 0 Å². The van der Waals surface area contributed by atoms with Gasteiger partial charge in [0.25, 0.3) is 0 Å². The van der Waals surface area contributed by atoms with Crippen LogP contribution in [-0.2, 0) is 0 Å². The summed E-state index contributed by atoms with van der Waals surface area (Å²) < 4.78 is 0. The smallest absolute Gasteiger partial charge is 0.0345 e. The fraction of sp³-hybridized carbons (Fsp3) is 0.571. The number of benzene rings is 1. The summed E-state index contributed by atoms with van der Waals surface area (Å²) in [7, 11) is 0. The molecule has 0 saturated heterocycles. The zero-order chi connectivity index (χ0) is 11.3. The number of anilines is 1. The van der Waals surface area contributed by atoms with Gasteiger partial charge in [-0.2, -0.15) is 0 Å². The van der Waals surface area contributed by atoms with Gasteiger partial charge < -0.3 is 5.32 Å². The molecule has 0 aliphatic rings.